The molecule has 2 heterocycles. The van der Waals surface area contributed by atoms with Crippen molar-refractivity contribution < 1.29 is 13.5 Å². The Kier molecular flexibility index (Phi) is 3.33. The van der Waals surface area contributed by atoms with Crippen LogP contribution in [0.1, 0.15) is 0 Å². The van der Waals surface area contributed by atoms with E-state index in [0.29, 0.717) is 17.3 Å². The van der Waals surface area contributed by atoms with Crippen molar-refractivity contribution in [1.29, 1.82) is 0 Å². The predicted molar refractivity (Wildman–Crippen MR) is 73.8 cm³/mol. The summed E-state index contributed by atoms with van der Waals surface area (Å²) < 4.78 is 32.2. The standard InChI is InChI=1S/C14H10F2N4O/c15-10-7-11(16)14(19-13(10)20-17)21-9-4-3-8-2-1-5-18-12(8)6-9/h1-7H,17H2,(H,19,20). The topological polar surface area (TPSA) is 73.1 Å². The third kappa shape index (κ3) is 2.59. The molecule has 21 heavy (non-hydrogen) atoms. The molecule has 1 aromatic carbocycles. The molecule has 0 aliphatic heterocycles. The zero-order chi connectivity index (χ0) is 14.8. The van der Waals surface area contributed by atoms with Crippen LogP contribution in [-0.4, -0.2) is 9.97 Å². The molecule has 0 saturated carbocycles. The van der Waals surface area contributed by atoms with E-state index in [1.54, 1.807) is 24.4 Å². The zero-order valence-electron chi connectivity index (χ0n) is 10.7. The number of nitrogen functional groups attached to an aromatic ring is 1. The van der Waals surface area contributed by atoms with Crippen molar-refractivity contribution in [3.63, 3.8) is 0 Å². The van der Waals surface area contributed by atoms with Crippen molar-refractivity contribution in [1.82, 2.24) is 9.97 Å². The van der Waals surface area contributed by atoms with E-state index in [4.69, 9.17) is 10.6 Å². The monoisotopic (exact) mass is 288 g/mol. The summed E-state index contributed by atoms with van der Waals surface area (Å²) in [6, 6.07) is 9.40. The zero-order valence-corrected chi connectivity index (χ0v) is 10.7. The first-order chi connectivity index (χ1) is 10.2. The van der Waals surface area contributed by atoms with Crippen molar-refractivity contribution in [2.24, 2.45) is 5.84 Å². The molecule has 3 N–H and O–H groups in total. The quantitative estimate of drug-likeness (QED) is 0.572. The number of anilines is 1. The second-order valence-electron chi connectivity index (χ2n) is 4.21. The number of aromatic nitrogens is 2. The molecular weight excluding hydrogens is 278 g/mol. The van der Waals surface area contributed by atoms with Crippen LogP contribution >= 0.6 is 0 Å². The van der Waals surface area contributed by atoms with Crippen LogP contribution in [-0.2, 0) is 0 Å². The fourth-order valence-corrected chi connectivity index (χ4v) is 1.84. The van der Waals surface area contributed by atoms with Crippen LogP contribution in [0.25, 0.3) is 10.9 Å². The van der Waals surface area contributed by atoms with Gasteiger partial charge in [-0.1, -0.05) is 6.07 Å². The van der Waals surface area contributed by atoms with Crippen molar-refractivity contribution in [2.45, 2.75) is 0 Å². The van der Waals surface area contributed by atoms with Crippen LogP contribution in [0.3, 0.4) is 0 Å². The molecule has 0 atom stereocenters. The number of hydrogen-bond acceptors (Lipinski definition) is 5. The van der Waals surface area contributed by atoms with Gasteiger partial charge in [-0.15, -0.1) is 0 Å². The highest BCUT2D eigenvalue weighted by Crippen LogP contribution is 2.27. The van der Waals surface area contributed by atoms with E-state index >= 15 is 0 Å². The number of hydrogen-bond donors (Lipinski definition) is 2. The van der Waals surface area contributed by atoms with Gasteiger partial charge in [-0.3, -0.25) is 4.98 Å². The summed E-state index contributed by atoms with van der Waals surface area (Å²) in [6.45, 7) is 0. The van der Waals surface area contributed by atoms with Crippen LogP contribution in [0.2, 0.25) is 0 Å². The fraction of sp³-hybridized carbons (Fsp3) is 0. The Labute approximate surface area is 118 Å². The average molecular weight is 288 g/mol. The van der Waals surface area contributed by atoms with Gasteiger partial charge in [0.1, 0.15) is 5.75 Å². The number of rotatable bonds is 3. The number of hydrazine groups is 1. The first kappa shape index (κ1) is 13.2. The van der Waals surface area contributed by atoms with Crippen LogP contribution in [0.5, 0.6) is 11.6 Å². The molecule has 0 aliphatic carbocycles. The van der Waals surface area contributed by atoms with E-state index in [-0.39, 0.29) is 11.7 Å². The number of nitrogens with two attached hydrogens (primary N) is 1. The molecule has 0 saturated heterocycles. The van der Waals surface area contributed by atoms with Crippen LogP contribution in [0.15, 0.2) is 42.6 Å². The minimum absolute atomic E-state index is 0.301. The lowest BCUT2D eigenvalue weighted by Crippen LogP contribution is -2.11. The minimum Gasteiger partial charge on any atom is -0.436 e. The molecule has 0 aliphatic rings. The Morgan fingerprint density at radius 1 is 1.10 bits per heavy atom. The van der Waals surface area contributed by atoms with Crippen LogP contribution in [0.4, 0.5) is 14.6 Å². The van der Waals surface area contributed by atoms with Gasteiger partial charge in [0.25, 0.3) is 5.88 Å². The summed E-state index contributed by atoms with van der Waals surface area (Å²) in [5.74, 6) is 2.93. The largest absolute Gasteiger partial charge is 0.436 e. The molecule has 5 nitrogen and oxygen atoms in total. The Bertz CT molecular complexity index is 810. The molecule has 0 bridgehead atoms. The van der Waals surface area contributed by atoms with Crippen molar-refractivity contribution in [2.75, 3.05) is 5.43 Å². The SMILES string of the molecule is NNc1nc(Oc2ccc3cccnc3c2)c(F)cc1F. The summed E-state index contributed by atoms with van der Waals surface area (Å²) in [6.07, 6.45) is 1.64. The maximum Gasteiger partial charge on any atom is 0.258 e. The van der Waals surface area contributed by atoms with Crippen molar-refractivity contribution in [3.05, 3.63) is 54.2 Å². The van der Waals surface area contributed by atoms with E-state index in [1.165, 1.54) is 0 Å². The Hall–Kier alpha value is -2.80. The highest BCUT2D eigenvalue weighted by molar-refractivity contribution is 5.79. The molecule has 0 unspecified atom stereocenters. The molecular formula is C14H10F2N4O. The molecule has 0 radical (unpaired) electrons. The predicted octanol–water partition coefficient (Wildman–Crippen LogP) is 2.99. The van der Waals surface area contributed by atoms with Crippen molar-refractivity contribution in [3.8, 4) is 11.6 Å². The number of halogens is 2. The molecule has 2 aromatic heterocycles. The second kappa shape index (κ2) is 5.29. The molecule has 7 heteroatoms. The number of ether oxygens (including phenoxy) is 1. The number of benzene rings is 1. The number of nitrogens with one attached hydrogen (secondary N) is 1. The van der Waals surface area contributed by atoms with Gasteiger partial charge >= 0.3 is 0 Å². The van der Waals surface area contributed by atoms with Gasteiger partial charge in [-0.05, 0) is 18.2 Å². The average Bonchev–Trinajstić information content (AvgIpc) is 2.50. The summed E-state index contributed by atoms with van der Waals surface area (Å²) in [5.41, 5.74) is 2.72. The van der Waals surface area contributed by atoms with E-state index in [0.717, 1.165) is 5.39 Å². The lowest BCUT2D eigenvalue weighted by atomic mass is 10.2. The molecule has 0 spiro atoms. The van der Waals surface area contributed by atoms with E-state index in [2.05, 4.69) is 9.97 Å². The summed E-state index contributed by atoms with van der Waals surface area (Å²) in [7, 11) is 0. The fourth-order valence-electron chi connectivity index (χ4n) is 1.84. The normalized spacial score (nSPS) is 10.6. The van der Waals surface area contributed by atoms with Gasteiger partial charge in [0.05, 0.1) is 5.52 Å². The van der Waals surface area contributed by atoms with Crippen molar-refractivity contribution >= 4 is 16.7 Å². The van der Waals surface area contributed by atoms with E-state index < -0.39 is 11.6 Å². The summed E-state index contributed by atoms with van der Waals surface area (Å²) >= 11 is 0. The van der Waals surface area contributed by atoms with E-state index in [1.807, 2.05) is 17.6 Å². The smallest absolute Gasteiger partial charge is 0.258 e. The third-order valence-electron chi connectivity index (χ3n) is 2.83. The number of fused-ring (bicyclic) bond motifs is 1. The van der Waals surface area contributed by atoms with E-state index in [9.17, 15) is 8.78 Å². The van der Waals surface area contributed by atoms with Gasteiger partial charge in [-0.2, -0.15) is 4.98 Å². The molecule has 106 valence electrons. The number of pyridine rings is 2. The maximum absolute atomic E-state index is 13.7. The van der Waals surface area contributed by atoms with Gasteiger partial charge in [0, 0.05) is 23.7 Å². The molecule has 0 amide bonds. The Morgan fingerprint density at radius 3 is 2.76 bits per heavy atom. The Balaban J connectivity index is 1.98. The molecule has 3 aromatic rings. The second-order valence-corrected chi connectivity index (χ2v) is 4.21. The van der Waals surface area contributed by atoms with Crippen LogP contribution < -0.4 is 16.0 Å². The van der Waals surface area contributed by atoms with Crippen LogP contribution in [0, 0.1) is 11.6 Å². The summed E-state index contributed by atoms with van der Waals surface area (Å²) in [4.78, 5) is 7.80. The lowest BCUT2D eigenvalue weighted by Gasteiger charge is -2.09. The molecule has 3 rings (SSSR count). The van der Waals surface area contributed by atoms with Gasteiger partial charge in [-0.25, -0.2) is 14.6 Å². The highest BCUT2D eigenvalue weighted by Gasteiger charge is 2.13. The first-order valence-corrected chi connectivity index (χ1v) is 6.02. The van der Waals surface area contributed by atoms with Gasteiger partial charge < -0.3 is 10.2 Å². The highest BCUT2D eigenvalue weighted by atomic mass is 19.1. The third-order valence-corrected chi connectivity index (χ3v) is 2.83. The maximum atomic E-state index is 13.7. The van der Waals surface area contributed by atoms with Gasteiger partial charge in [0.15, 0.2) is 17.5 Å². The minimum atomic E-state index is -0.924. The Morgan fingerprint density at radius 2 is 1.95 bits per heavy atom. The molecule has 0 fully saturated rings. The van der Waals surface area contributed by atoms with Gasteiger partial charge in [0.2, 0.25) is 0 Å². The lowest BCUT2D eigenvalue weighted by molar-refractivity contribution is 0.418. The first-order valence-electron chi connectivity index (χ1n) is 6.02. The summed E-state index contributed by atoms with van der Waals surface area (Å²) in [5, 5.41) is 0.918. The number of nitrogens with zero attached hydrogens (tertiary/aromatic N) is 2.